The van der Waals surface area contributed by atoms with Crippen LogP contribution < -0.4 is 10.5 Å². The fraction of sp³-hybridized carbons (Fsp3) is 0.462. The Hall–Kier alpha value is -0.980. The van der Waals surface area contributed by atoms with Gasteiger partial charge < -0.3 is 5.73 Å². The Morgan fingerprint density at radius 1 is 1.37 bits per heavy atom. The molecule has 1 fully saturated rings. The van der Waals surface area contributed by atoms with Gasteiger partial charge in [-0.15, -0.1) is 0 Å². The first-order valence-corrected chi connectivity index (χ1v) is 8.21. The van der Waals surface area contributed by atoms with Gasteiger partial charge >= 0.3 is 0 Å². The zero-order valence-electron chi connectivity index (χ0n) is 10.8. The van der Waals surface area contributed by atoms with E-state index in [2.05, 4.69) is 4.72 Å². The van der Waals surface area contributed by atoms with E-state index < -0.39 is 10.0 Å². The number of sulfonamides is 1. The number of benzene rings is 1. The minimum Gasteiger partial charge on any atom is -0.389 e. The topological polar surface area (TPSA) is 72.2 Å². The van der Waals surface area contributed by atoms with Gasteiger partial charge in [0.2, 0.25) is 10.0 Å². The lowest BCUT2D eigenvalue weighted by atomic mass is 9.81. The highest BCUT2D eigenvalue weighted by atomic mass is 32.2. The predicted molar refractivity (Wildman–Crippen MR) is 79.5 cm³/mol. The van der Waals surface area contributed by atoms with Crippen molar-refractivity contribution in [1.82, 2.24) is 4.72 Å². The van der Waals surface area contributed by atoms with E-state index in [9.17, 15) is 8.42 Å². The molecule has 0 bridgehead atoms. The summed E-state index contributed by atoms with van der Waals surface area (Å²) in [6.45, 7) is 1.92. The molecule has 1 aromatic rings. The van der Waals surface area contributed by atoms with E-state index in [-0.39, 0.29) is 15.9 Å². The third-order valence-electron chi connectivity index (χ3n) is 3.65. The minimum atomic E-state index is -3.46. The molecule has 2 rings (SSSR count). The van der Waals surface area contributed by atoms with Crippen LogP contribution in [0.25, 0.3) is 0 Å². The summed E-state index contributed by atoms with van der Waals surface area (Å²) in [6, 6.07) is 6.30. The van der Waals surface area contributed by atoms with Gasteiger partial charge in [0, 0.05) is 11.6 Å². The Kier molecular flexibility index (Phi) is 4.23. The van der Waals surface area contributed by atoms with Gasteiger partial charge in [-0.05, 0) is 37.8 Å². The molecule has 0 heterocycles. The van der Waals surface area contributed by atoms with Crippen molar-refractivity contribution in [3.8, 4) is 0 Å². The van der Waals surface area contributed by atoms with Crippen LogP contribution in [0.4, 0.5) is 0 Å². The van der Waals surface area contributed by atoms with Crippen molar-refractivity contribution in [2.75, 3.05) is 0 Å². The maximum Gasteiger partial charge on any atom is 0.240 e. The molecule has 1 saturated carbocycles. The highest BCUT2D eigenvalue weighted by Crippen LogP contribution is 2.30. The van der Waals surface area contributed by atoms with Crippen LogP contribution in [-0.4, -0.2) is 19.4 Å². The van der Waals surface area contributed by atoms with Crippen LogP contribution in [0.3, 0.4) is 0 Å². The van der Waals surface area contributed by atoms with Gasteiger partial charge in [0.1, 0.15) is 4.99 Å². The fourth-order valence-electron chi connectivity index (χ4n) is 2.15. The van der Waals surface area contributed by atoms with Gasteiger partial charge in [-0.2, -0.15) is 0 Å². The van der Waals surface area contributed by atoms with Crippen molar-refractivity contribution in [1.29, 1.82) is 0 Å². The first-order chi connectivity index (χ1) is 8.90. The quantitative estimate of drug-likeness (QED) is 0.813. The lowest BCUT2D eigenvalue weighted by molar-refractivity contribution is 0.260. The van der Waals surface area contributed by atoms with Crippen LogP contribution in [0.15, 0.2) is 29.2 Å². The molecule has 0 saturated heterocycles. The van der Waals surface area contributed by atoms with E-state index in [1.165, 1.54) is 18.6 Å². The molecule has 3 N–H and O–H groups in total. The normalized spacial score (nSPS) is 17.7. The SMILES string of the molecule is CC(NS(=O)(=O)c1ccc(C(N)=S)cc1)C1CCC1. The molecule has 0 amide bonds. The van der Waals surface area contributed by atoms with Gasteiger partial charge in [0.15, 0.2) is 0 Å². The molecule has 1 aromatic carbocycles. The average molecular weight is 298 g/mol. The standard InChI is InChI=1S/C13H18N2O2S2/c1-9(10-3-2-4-10)15-19(16,17)12-7-5-11(6-8-12)13(14)18/h5-10,15H,2-4H2,1H3,(H2,14,18). The van der Waals surface area contributed by atoms with Crippen molar-refractivity contribution in [2.45, 2.75) is 37.1 Å². The first-order valence-electron chi connectivity index (χ1n) is 6.32. The summed E-state index contributed by atoms with van der Waals surface area (Å²) in [5.41, 5.74) is 6.15. The molecule has 4 nitrogen and oxygen atoms in total. The smallest absolute Gasteiger partial charge is 0.240 e. The van der Waals surface area contributed by atoms with Crippen molar-refractivity contribution >= 4 is 27.2 Å². The van der Waals surface area contributed by atoms with E-state index in [0.717, 1.165) is 12.8 Å². The van der Waals surface area contributed by atoms with E-state index in [4.69, 9.17) is 18.0 Å². The Labute approximate surface area is 119 Å². The van der Waals surface area contributed by atoms with Crippen LogP contribution in [0.1, 0.15) is 31.7 Å². The molecular weight excluding hydrogens is 280 g/mol. The van der Waals surface area contributed by atoms with Crippen molar-refractivity contribution < 1.29 is 8.42 Å². The molecule has 19 heavy (non-hydrogen) atoms. The summed E-state index contributed by atoms with van der Waals surface area (Å²) in [5, 5.41) is 0. The highest BCUT2D eigenvalue weighted by Gasteiger charge is 2.27. The molecular formula is C13H18N2O2S2. The van der Waals surface area contributed by atoms with E-state index >= 15 is 0 Å². The third kappa shape index (κ3) is 3.32. The van der Waals surface area contributed by atoms with Gasteiger partial charge in [0.05, 0.1) is 4.90 Å². The molecule has 0 spiro atoms. The second kappa shape index (κ2) is 5.56. The van der Waals surface area contributed by atoms with Crippen LogP contribution >= 0.6 is 12.2 Å². The molecule has 0 aromatic heterocycles. The molecule has 6 heteroatoms. The molecule has 1 aliphatic rings. The summed E-state index contributed by atoms with van der Waals surface area (Å²) in [7, 11) is -3.46. The molecule has 0 radical (unpaired) electrons. The lowest BCUT2D eigenvalue weighted by Crippen LogP contribution is -2.40. The monoisotopic (exact) mass is 298 g/mol. The third-order valence-corrected chi connectivity index (χ3v) is 5.46. The molecule has 0 aliphatic heterocycles. The summed E-state index contributed by atoms with van der Waals surface area (Å²) < 4.78 is 27.1. The number of hydrogen-bond donors (Lipinski definition) is 2. The van der Waals surface area contributed by atoms with Gasteiger partial charge in [-0.3, -0.25) is 0 Å². The fourth-order valence-corrected chi connectivity index (χ4v) is 3.60. The lowest BCUT2D eigenvalue weighted by Gasteiger charge is -2.31. The Bertz CT molecular complexity index is 563. The van der Waals surface area contributed by atoms with Crippen LogP contribution in [0.5, 0.6) is 0 Å². The summed E-state index contributed by atoms with van der Waals surface area (Å²) >= 11 is 4.84. The number of rotatable bonds is 5. The molecule has 1 unspecified atom stereocenters. The van der Waals surface area contributed by atoms with Gasteiger partial charge in [-0.25, -0.2) is 13.1 Å². The number of hydrogen-bond acceptors (Lipinski definition) is 3. The maximum atomic E-state index is 12.2. The maximum absolute atomic E-state index is 12.2. The zero-order chi connectivity index (χ0) is 14.0. The zero-order valence-corrected chi connectivity index (χ0v) is 12.4. The van der Waals surface area contributed by atoms with Crippen molar-refractivity contribution in [2.24, 2.45) is 11.7 Å². The average Bonchev–Trinajstić information content (AvgIpc) is 2.25. The van der Waals surface area contributed by atoms with E-state index in [0.29, 0.717) is 11.5 Å². The minimum absolute atomic E-state index is 0.0194. The first kappa shape index (κ1) is 14.4. The Morgan fingerprint density at radius 3 is 2.37 bits per heavy atom. The Morgan fingerprint density at radius 2 is 1.95 bits per heavy atom. The second-order valence-electron chi connectivity index (χ2n) is 4.99. The summed E-state index contributed by atoms with van der Waals surface area (Å²) in [4.78, 5) is 0.512. The molecule has 1 atom stereocenters. The highest BCUT2D eigenvalue weighted by molar-refractivity contribution is 7.89. The molecule has 1 aliphatic carbocycles. The largest absolute Gasteiger partial charge is 0.389 e. The van der Waals surface area contributed by atoms with Crippen molar-refractivity contribution in [3.63, 3.8) is 0 Å². The van der Waals surface area contributed by atoms with Gasteiger partial charge in [0.25, 0.3) is 0 Å². The summed E-state index contributed by atoms with van der Waals surface area (Å²) in [5.74, 6) is 0.464. The predicted octanol–water partition coefficient (Wildman–Crippen LogP) is 1.79. The summed E-state index contributed by atoms with van der Waals surface area (Å²) in [6.07, 6.45) is 3.40. The number of nitrogens with two attached hydrogens (primary N) is 1. The second-order valence-corrected chi connectivity index (χ2v) is 7.14. The number of nitrogens with one attached hydrogen (secondary N) is 1. The Balaban J connectivity index is 2.12. The number of thiocarbonyl (C=S) groups is 1. The van der Waals surface area contributed by atoms with Crippen LogP contribution in [0.2, 0.25) is 0 Å². The van der Waals surface area contributed by atoms with E-state index in [1.54, 1.807) is 12.1 Å². The van der Waals surface area contributed by atoms with Gasteiger partial charge in [-0.1, -0.05) is 30.8 Å². The van der Waals surface area contributed by atoms with Crippen LogP contribution in [0, 0.1) is 5.92 Å². The molecule has 104 valence electrons. The van der Waals surface area contributed by atoms with Crippen molar-refractivity contribution in [3.05, 3.63) is 29.8 Å². The van der Waals surface area contributed by atoms with E-state index in [1.807, 2.05) is 6.92 Å². The van der Waals surface area contributed by atoms with Crippen LogP contribution in [-0.2, 0) is 10.0 Å².